The normalized spacial score (nSPS) is 18.0. The Hall–Kier alpha value is -9.24. The average molecular weight is 1030 g/mol. The molecular formula is C78H64N2. The number of benzene rings is 9. The van der Waals surface area contributed by atoms with E-state index in [0.29, 0.717) is 0 Å². The number of hydrogen-bond acceptors (Lipinski definition) is 2. The number of anilines is 3. The maximum absolute atomic E-state index is 5.06. The van der Waals surface area contributed by atoms with Crippen LogP contribution >= 0.6 is 0 Å². The molecule has 1 heterocycles. The number of nitrogens with one attached hydrogen (secondary N) is 1. The topological polar surface area (TPSA) is 15.3 Å². The Kier molecular flexibility index (Phi) is 12.0. The molecule has 0 saturated heterocycles. The molecule has 1 atom stereocenters. The van der Waals surface area contributed by atoms with E-state index in [0.717, 1.165) is 48.3 Å². The maximum Gasteiger partial charge on any atom is 0.0725 e. The Morgan fingerprint density at radius 2 is 1.02 bits per heavy atom. The minimum Gasteiger partial charge on any atom is -0.388 e. The van der Waals surface area contributed by atoms with Gasteiger partial charge in [-0.25, -0.2) is 0 Å². The molecule has 1 N–H and O–H groups in total. The Morgan fingerprint density at radius 3 is 1.59 bits per heavy atom. The lowest BCUT2D eigenvalue weighted by Gasteiger charge is -2.37. The minimum absolute atomic E-state index is 0.368. The van der Waals surface area contributed by atoms with Crippen LogP contribution in [0.3, 0.4) is 0 Å². The lowest BCUT2D eigenvalue weighted by atomic mass is 9.67. The summed E-state index contributed by atoms with van der Waals surface area (Å²) in [5.74, 6) is 0. The number of nitrogens with zero attached hydrogens (tertiary/aromatic N) is 1. The molecule has 5 aliphatic carbocycles. The van der Waals surface area contributed by atoms with Crippen LogP contribution in [-0.2, 0) is 10.8 Å². The molecule has 0 amide bonds. The molecule has 6 aliphatic rings. The zero-order valence-corrected chi connectivity index (χ0v) is 45.9. The highest BCUT2D eigenvalue weighted by molar-refractivity contribution is 5.97. The first kappa shape index (κ1) is 49.1. The summed E-state index contributed by atoms with van der Waals surface area (Å²) in [6.07, 6.45) is 26.2. The van der Waals surface area contributed by atoms with Crippen LogP contribution in [0.25, 0.3) is 56.2 Å². The van der Waals surface area contributed by atoms with Crippen LogP contribution in [0, 0.1) is 5.41 Å². The van der Waals surface area contributed by atoms with Crippen molar-refractivity contribution >= 4 is 28.7 Å². The molecule has 1 aliphatic heterocycles. The third-order valence-electron chi connectivity index (χ3n) is 18.1. The van der Waals surface area contributed by atoms with E-state index in [9.17, 15) is 0 Å². The molecule has 15 rings (SSSR count). The van der Waals surface area contributed by atoms with Gasteiger partial charge in [-0.2, -0.15) is 0 Å². The monoisotopic (exact) mass is 1030 g/mol. The second-order valence-electron chi connectivity index (χ2n) is 22.5. The quantitative estimate of drug-likeness (QED) is 0.171. The van der Waals surface area contributed by atoms with Crippen molar-refractivity contribution in [3.05, 3.63) is 329 Å². The Balaban J connectivity index is 0.000000768. The molecule has 2 heteroatoms. The smallest absolute Gasteiger partial charge is 0.0725 e. The van der Waals surface area contributed by atoms with Crippen molar-refractivity contribution in [2.24, 2.45) is 5.41 Å². The van der Waals surface area contributed by atoms with Gasteiger partial charge in [-0.3, -0.25) is 0 Å². The maximum atomic E-state index is 5.06. The van der Waals surface area contributed by atoms with Gasteiger partial charge in [0.05, 0.1) is 16.5 Å². The van der Waals surface area contributed by atoms with Crippen LogP contribution in [0.2, 0.25) is 0 Å². The highest BCUT2D eigenvalue weighted by atomic mass is 15.1. The number of fused-ring (bicyclic) bond motifs is 18. The van der Waals surface area contributed by atoms with Crippen molar-refractivity contribution in [1.29, 1.82) is 0 Å². The summed E-state index contributed by atoms with van der Waals surface area (Å²) in [5, 5.41) is 3.34. The molecule has 0 aromatic heterocycles. The summed E-state index contributed by atoms with van der Waals surface area (Å²) < 4.78 is 0. The molecule has 0 fully saturated rings. The molecule has 0 saturated carbocycles. The third kappa shape index (κ3) is 7.46. The van der Waals surface area contributed by atoms with Gasteiger partial charge in [-0.1, -0.05) is 245 Å². The second kappa shape index (κ2) is 19.6. The zero-order chi connectivity index (χ0) is 54.0. The summed E-state index contributed by atoms with van der Waals surface area (Å²) in [6.45, 7) is 9.84. The minimum atomic E-state index is -0.414. The third-order valence-corrected chi connectivity index (χ3v) is 18.1. The van der Waals surface area contributed by atoms with Crippen LogP contribution in [-0.4, -0.2) is 7.05 Å². The molecule has 9 aromatic rings. The van der Waals surface area contributed by atoms with Crippen LogP contribution < -0.4 is 10.2 Å². The largest absolute Gasteiger partial charge is 0.388 e. The van der Waals surface area contributed by atoms with Gasteiger partial charge in [0.1, 0.15) is 0 Å². The van der Waals surface area contributed by atoms with Crippen molar-refractivity contribution in [2.75, 3.05) is 17.3 Å². The van der Waals surface area contributed by atoms with E-state index in [4.69, 9.17) is 6.58 Å². The van der Waals surface area contributed by atoms with Crippen molar-refractivity contribution in [3.8, 4) is 44.5 Å². The number of hydrogen-bond donors (Lipinski definition) is 1. The first-order chi connectivity index (χ1) is 39.4. The van der Waals surface area contributed by atoms with Crippen LogP contribution in [0.4, 0.5) is 17.1 Å². The van der Waals surface area contributed by atoms with Crippen LogP contribution in [0.1, 0.15) is 89.6 Å². The fourth-order valence-electron chi connectivity index (χ4n) is 14.5. The van der Waals surface area contributed by atoms with E-state index in [1.165, 1.54) is 106 Å². The average Bonchev–Trinajstić information content (AvgIpc) is 4.28. The molecule has 1 unspecified atom stereocenters. The summed E-state index contributed by atoms with van der Waals surface area (Å²) in [5.41, 5.74) is 28.3. The van der Waals surface area contributed by atoms with Gasteiger partial charge in [0.2, 0.25) is 0 Å². The van der Waals surface area contributed by atoms with Gasteiger partial charge in [0.25, 0.3) is 0 Å². The van der Waals surface area contributed by atoms with Gasteiger partial charge in [0, 0.05) is 35.6 Å². The highest BCUT2D eigenvalue weighted by Gasteiger charge is 2.52. The van der Waals surface area contributed by atoms with E-state index < -0.39 is 10.8 Å². The first-order valence-corrected chi connectivity index (χ1v) is 28.6. The molecule has 0 bridgehead atoms. The van der Waals surface area contributed by atoms with Crippen LogP contribution in [0.15, 0.2) is 279 Å². The SMILES string of the molecule is C1=CC=CCC=C1.C=C1CC(C)(/C(=C/C2=Cc3ccccc3C23c2ccccc2-c2ccccc23)CCC)/C=C\N(c2ccc(NC)cc2)c2ccc(-c3ccc4c(c3)C3(c5ccccc5-c5ccccc53)c3ccccc3-4)cc21. The van der Waals surface area contributed by atoms with Crippen molar-refractivity contribution < 1.29 is 0 Å². The number of rotatable bonds is 7. The molecule has 80 heavy (non-hydrogen) atoms. The van der Waals surface area contributed by atoms with Gasteiger partial charge in [-0.05, 0) is 168 Å². The predicted molar refractivity (Wildman–Crippen MR) is 338 cm³/mol. The Morgan fingerprint density at radius 1 is 0.525 bits per heavy atom. The van der Waals surface area contributed by atoms with E-state index in [1.54, 1.807) is 0 Å². The molecule has 9 aromatic carbocycles. The molecule has 386 valence electrons. The molecule has 2 spiro atoms. The van der Waals surface area contributed by atoms with Crippen LogP contribution in [0.5, 0.6) is 0 Å². The van der Waals surface area contributed by atoms with Gasteiger partial charge in [-0.15, -0.1) is 0 Å². The van der Waals surface area contributed by atoms with Crippen molar-refractivity contribution in [2.45, 2.75) is 50.4 Å². The van der Waals surface area contributed by atoms with E-state index in [-0.39, 0.29) is 5.41 Å². The van der Waals surface area contributed by atoms with Crippen molar-refractivity contribution in [3.63, 3.8) is 0 Å². The van der Waals surface area contributed by atoms with Crippen molar-refractivity contribution in [1.82, 2.24) is 0 Å². The van der Waals surface area contributed by atoms with Gasteiger partial charge >= 0.3 is 0 Å². The molecule has 2 nitrogen and oxygen atoms in total. The fraction of sp³-hybridized carbons (Fsp3) is 0.128. The predicted octanol–water partition coefficient (Wildman–Crippen LogP) is 20.0. The first-order valence-electron chi connectivity index (χ1n) is 28.6. The highest BCUT2D eigenvalue weighted by Crippen LogP contribution is 2.64. The Labute approximate surface area is 472 Å². The molecule has 0 radical (unpaired) electrons. The fourth-order valence-corrected chi connectivity index (χ4v) is 14.5. The Bertz CT molecular complexity index is 4050. The zero-order valence-electron chi connectivity index (χ0n) is 45.9. The summed E-state index contributed by atoms with van der Waals surface area (Å²) >= 11 is 0. The van der Waals surface area contributed by atoms with E-state index in [1.807, 2.05) is 19.2 Å². The standard InChI is InChI=1S/C71H56N2.C7H8/c1-5-18-50(44-51-41-49-19-6-12-25-61(49)70(51)62-26-13-7-20-54(62)55-21-8-14-27-63(55)70)69(3)39-40-73(53-35-33-52(72-4)34-36-53)68-38-32-47(42-60(68)46(2)45-69)48-31-37-59-58-24-11-17-30-66(58)71(67(59)43-48)64-28-15-9-22-56(64)57-23-10-16-29-65(57)71;1-2-4-6-7-5-3-1/h6-17,19-44,72H,2,5,18,45H2,1,3-4H3;1-6H,7H2/b40-39-,50-44+;. The lowest BCUT2D eigenvalue weighted by Crippen LogP contribution is -2.28. The van der Waals surface area contributed by atoms with E-state index in [2.05, 4.69) is 279 Å². The van der Waals surface area contributed by atoms with Gasteiger partial charge < -0.3 is 10.2 Å². The second-order valence-corrected chi connectivity index (χ2v) is 22.5. The lowest BCUT2D eigenvalue weighted by molar-refractivity contribution is 0.501. The summed E-state index contributed by atoms with van der Waals surface area (Å²) in [4.78, 5) is 2.39. The van der Waals surface area contributed by atoms with Gasteiger partial charge in [0.15, 0.2) is 0 Å². The molecular weight excluding hydrogens is 965 g/mol. The summed E-state index contributed by atoms with van der Waals surface area (Å²) in [7, 11) is 1.98. The summed E-state index contributed by atoms with van der Waals surface area (Å²) in [6, 6.07) is 77.6. The number of allylic oxidation sites excluding steroid dienone is 11. The van der Waals surface area contributed by atoms with E-state index >= 15 is 0 Å².